The molecule has 2 nitrogen and oxygen atoms in total. The summed E-state index contributed by atoms with van der Waals surface area (Å²) in [4.78, 5) is 11.6. The lowest BCUT2D eigenvalue weighted by atomic mass is 9.95. The molecule has 86 valence electrons. The van der Waals surface area contributed by atoms with Gasteiger partial charge in [0.05, 0.1) is 5.92 Å². The second-order valence-electron chi connectivity index (χ2n) is 4.40. The van der Waals surface area contributed by atoms with Gasteiger partial charge in [0.25, 0.3) is 0 Å². The van der Waals surface area contributed by atoms with Gasteiger partial charge in [-0.05, 0) is 37.5 Å². The number of hydrogen-bond donors (Lipinski definition) is 1. The van der Waals surface area contributed by atoms with E-state index in [1.165, 1.54) is 12.8 Å². The minimum Gasteiger partial charge on any atom is -0.313 e. The summed E-state index contributed by atoms with van der Waals surface area (Å²) in [6, 6.07) is 8.18. The van der Waals surface area contributed by atoms with E-state index in [2.05, 4.69) is 5.32 Å². The van der Waals surface area contributed by atoms with Crippen molar-refractivity contribution in [2.45, 2.75) is 31.7 Å². The lowest BCUT2D eigenvalue weighted by molar-refractivity contribution is -0.118. The van der Waals surface area contributed by atoms with Crippen LogP contribution in [0.2, 0.25) is 5.02 Å². The molecule has 1 aromatic rings. The summed E-state index contributed by atoms with van der Waals surface area (Å²) >= 11 is 5.83. The van der Waals surface area contributed by atoms with Crippen LogP contribution < -0.4 is 5.32 Å². The fraction of sp³-hybridized carbons (Fsp3) is 0.462. The Kier molecular flexibility index (Phi) is 3.62. The van der Waals surface area contributed by atoms with Gasteiger partial charge in [0.2, 0.25) is 0 Å². The average molecular weight is 238 g/mol. The zero-order valence-electron chi connectivity index (χ0n) is 9.37. The van der Waals surface area contributed by atoms with Crippen LogP contribution in [0, 0.1) is 0 Å². The number of benzene rings is 1. The number of halogens is 1. The molecule has 0 aromatic heterocycles. The molecular weight excluding hydrogens is 222 g/mol. The first-order chi connectivity index (χ1) is 7.66. The molecule has 0 aliphatic heterocycles. The minimum atomic E-state index is -0.0436. The molecule has 0 saturated heterocycles. The molecule has 0 amide bonds. The lowest BCUT2D eigenvalue weighted by Gasteiger charge is -2.15. The molecule has 1 aromatic carbocycles. The summed E-state index contributed by atoms with van der Waals surface area (Å²) < 4.78 is 0. The molecule has 3 heteroatoms. The molecule has 0 radical (unpaired) electrons. The third-order valence-electron chi connectivity index (χ3n) is 2.95. The molecule has 0 heterocycles. The number of rotatable bonds is 5. The Hall–Kier alpha value is -0.860. The molecule has 0 unspecified atom stereocenters. The highest BCUT2D eigenvalue weighted by Gasteiger charge is 2.24. The fourth-order valence-electron chi connectivity index (χ4n) is 1.76. The maximum Gasteiger partial charge on any atom is 0.138 e. The van der Waals surface area contributed by atoms with Crippen molar-refractivity contribution in [3.63, 3.8) is 0 Å². The molecule has 2 rings (SSSR count). The molecule has 0 bridgehead atoms. The summed E-state index contributed by atoms with van der Waals surface area (Å²) in [6.45, 7) is 2.38. The summed E-state index contributed by atoms with van der Waals surface area (Å²) in [5, 5.41) is 4.11. The van der Waals surface area contributed by atoms with Crippen molar-refractivity contribution < 1.29 is 4.79 Å². The van der Waals surface area contributed by atoms with Gasteiger partial charge in [-0.2, -0.15) is 0 Å². The number of carbonyl (C=O) groups excluding carboxylic acids is 1. The zero-order chi connectivity index (χ0) is 11.5. The SMILES string of the molecule is CC(=O)[C@H](CNC1CC1)c1ccc(Cl)cc1. The quantitative estimate of drug-likeness (QED) is 0.853. The molecule has 1 fully saturated rings. The van der Waals surface area contributed by atoms with Crippen LogP contribution in [0.5, 0.6) is 0 Å². The van der Waals surface area contributed by atoms with E-state index in [0.717, 1.165) is 12.1 Å². The Bertz CT molecular complexity index is 370. The van der Waals surface area contributed by atoms with Gasteiger partial charge < -0.3 is 5.32 Å². The number of hydrogen-bond acceptors (Lipinski definition) is 2. The van der Waals surface area contributed by atoms with Gasteiger partial charge in [0.15, 0.2) is 0 Å². The summed E-state index contributed by atoms with van der Waals surface area (Å²) in [6.07, 6.45) is 2.48. The van der Waals surface area contributed by atoms with Crippen LogP contribution in [0.25, 0.3) is 0 Å². The van der Waals surface area contributed by atoms with Gasteiger partial charge in [-0.3, -0.25) is 4.79 Å². The highest BCUT2D eigenvalue weighted by molar-refractivity contribution is 6.30. The van der Waals surface area contributed by atoms with Crippen molar-refractivity contribution in [1.82, 2.24) is 5.32 Å². The summed E-state index contributed by atoms with van der Waals surface area (Å²) in [5.74, 6) is 0.160. The van der Waals surface area contributed by atoms with Gasteiger partial charge in [-0.25, -0.2) is 0 Å². The highest BCUT2D eigenvalue weighted by atomic mass is 35.5. The van der Waals surface area contributed by atoms with Crippen molar-refractivity contribution in [1.29, 1.82) is 0 Å². The Balaban J connectivity index is 2.04. The largest absolute Gasteiger partial charge is 0.313 e. The third-order valence-corrected chi connectivity index (χ3v) is 3.20. The topological polar surface area (TPSA) is 29.1 Å². The summed E-state index contributed by atoms with van der Waals surface area (Å²) in [5.41, 5.74) is 1.05. The van der Waals surface area contributed by atoms with Crippen LogP contribution in [-0.2, 0) is 4.79 Å². The molecule has 1 saturated carbocycles. The lowest BCUT2D eigenvalue weighted by Crippen LogP contribution is -2.27. The highest BCUT2D eigenvalue weighted by Crippen LogP contribution is 2.22. The number of Topliss-reactive ketones (excluding diaryl/α,β-unsaturated/α-hetero) is 1. The van der Waals surface area contributed by atoms with Crippen LogP contribution in [0.1, 0.15) is 31.2 Å². The molecule has 1 atom stereocenters. The Labute approximate surface area is 101 Å². The first-order valence-corrected chi connectivity index (χ1v) is 6.04. The van der Waals surface area contributed by atoms with Crippen molar-refractivity contribution in [3.8, 4) is 0 Å². The Morgan fingerprint density at radius 1 is 1.44 bits per heavy atom. The first-order valence-electron chi connectivity index (χ1n) is 5.66. The van der Waals surface area contributed by atoms with E-state index in [9.17, 15) is 4.79 Å². The van der Waals surface area contributed by atoms with E-state index in [0.29, 0.717) is 11.1 Å². The van der Waals surface area contributed by atoms with Crippen LogP contribution in [0.3, 0.4) is 0 Å². The Morgan fingerprint density at radius 3 is 2.56 bits per heavy atom. The molecule has 16 heavy (non-hydrogen) atoms. The van der Waals surface area contributed by atoms with Gasteiger partial charge in [-0.1, -0.05) is 23.7 Å². The maximum atomic E-state index is 11.6. The van der Waals surface area contributed by atoms with E-state index < -0.39 is 0 Å². The second kappa shape index (κ2) is 4.98. The van der Waals surface area contributed by atoms with Gasteiger partial charge >= 0.3 is 0 Å². The zero-order valence-corrected chi connectivity index (χ0v) is 10.1. The Morgan fingerprint density at radius 2 is 2.06 bits per heavy atom. The van der Waals surface area contributed by atoms with Crippen LogP contribution in [-0.4, -0.2) is 18.4 Å². The maximum absolute atomic E-state index is 11.6. The van der Waals surface area contributed by atoms with Gasteiger partial charge in [0.1, 0.15) is 5.78 Å². The predicted molar refractivity (Wildman–Crippen MR) is 65.9 cm³/mol. The average Bonchev–Trinajstić information content (AvgIpc) is 3.04. The van der Waals surface area contributed by atoms with Crippen molar-refractivity contribution in [2.24, 2.45) is 0 Å². The molecule has 1 N–H and O–H groups in total. The predicted octanol–water partition coefficient (Wildman–Crippen LogP) is 2.76. The number of carbonyl (C=O) groups is 1. The number of nitrogens with one attached hydrogen (secondary N) is 1. The molecule has 1 aliphatic rings. The van der Waals surface area contributed by atoms with Crippen LogP contribution >= 0.6 is 11.6 Å². The van der Waals surface area contributed by atoms with E-state index in [-0.39, 0.29) is 11.7 Å². The number of ketones is 1. The fourth-order valence-corrected chi connectivity index (χ4v) is 1.89. The van der Waals surface area contributed by atoms with Crippen LogP contribution in [0.4, 0.5) is 0 Å². The monoisotopic (exact) mass is 237 g/mol. The van der Waals surface area contributed by atoms with Gasteiger partial charge in [-0.15, -0.1) is 0 Å². The van der Waals surface area contributed by atoms with Crippen molar-refractivity contribution in [2.75, 3.05) is 6.54 Å². The third kappa shape index (κ3) is 3.06. The van der Waals surface area contributed by atoms with E-state index in [1.807, 2.05) is 24.3 Å². The smallest absolute Gasteiger partial charge is 0.138 e. The van der Waals surface area contributed by atoms with Gasteiger partial charge in [0, 0.05) is 17.6 Å². The molecular formula is C13H16ClNO. The molecule has 0 spiro atoms. The van der Waals surface area contributed by atoms with E-state index in [1.54, 1.807) is 6.92 Å². The van der Waals surface area contributed by atoms with Crippen LogP contribution in [0.15, 0.2) is 24.3 Å². The second-order valence-corrected chi connectivity index (χ2v) is 4.83. The standard InChI is InChI=1S/C13H16ClNO/c1-9(16)13(8-15-12-6-7-12)10-2-4-11(14)5-3-10/h2-5,12-13,15H,6-8H2,1H3/t13-/m0/s1. The van der Waals surface area contributed by atoms with E-state index in [4.69, 9.17) is 11.6 Å². The summed E-state index contributed by atoms with van der Waals surface area (Å²) in [7, 11) is 0. The van der Waals surface area contributed by atoms with E-state index >= 15 is 0 Å². The van der Waals surface area contributed by atoms with Crippen molar-refractivity contribution in [3.05, 3.63) is 34.9 Å². The van der Waals surface area contributed by atoms with Crippen molar-refractivity contribution >= 4 is 17.4 Å². The minimum absolute atomic E-state index is 0.0436. The first kappa shape index (κ1) is 11.6. The molecule has 1 aliphatic carbocycles. The normalized spacial score (nSPS) is 17.1.